The van der Waals surface area contributed by atoms with E-state index in [1.807, 2.05) is 0 Å². The average Bonchev–Trinajstić information content (AvgIpc) is 3.02. The Morgan fingerprint density at radius 2 is 1.73 bits per heavy atom. The fourth-order valence-corrected chi connectivity index (χ4v) is 5.80. The first-order valence-corrected chi connectivity index (χ1v) is 12.0. The molecule has 0 bridgehead atoms. The van der Waals surface area contributed by atoms with Crippen molar-refractivity contribution < 1.29 is 12.8 Å². The molecule has 0 aliphatic carbocycles. The van der Waals surface area contributed by atoms with Crippen LogP contribution in [0.4, 0.5) is 10.1 Å². The molecule has 4 aromatic rings. The molecule has 0 amide bonds. The van der Waals surface area contributed by atoms with E-state index in [1.54, 1.807) is 30.3 Å². The number of nitrogens with zero attached hydrogens (tertiary/aromatic N) is 2. The van der Waals surface area contributed by atoms with Gasteiger partial charge in [-0.2, -0.15) is 0 Å². The van der Waals surface area contributed by atoms with Crippen LogP contribution < -0.4 is 15.6 Å². The van der Waals surface area contributed by atoms with Crippen molar-refractivity contribution in [1.29, 1.82) is 0 Å². The monoisotopic (exact) mass is 465 g/mol. The number of hydrogen-bond acceptors (Lipinski definition) is 4. The van der Waals surface area contributed by atoms with E-state index < -0.39 is 27.1 Å². The number of rotatable bonds is 3. The predicted octanol–water partition coefficient (Wildman–Crippen LogP) is 3.35. The maximum Gasteiger partial charge on any atom is 0.333 e. The van der Waals surface area contributed by atoms with Gasteiger partial charge in [-0.05, 0) is 67.3 Å². The van der Waals surface area contributed by atoms with Gasteiger partial charge in [-0.15, -0.1) is 0 Å². The number of halogens is 1. The summed E-state index contributed by atoms with van der Waals surface area (Å²) in [6, 6.07) is 16.5. The zero-order valence-corrected chi connectivity index (χ0v) is 18.3. The van der Waals surface area contributed by atoms with Crippen LogP contribution in [0, 0.1) is 5.82 Å². The van der Waals surface area contributed by atoms with Crippen molar-refractivity contribution in [2.45, 2.75) is 24.2 Å². The van der Waals surface area contributed by atoms with Gasteiger partial charge in [-0.1, -0.05) is 24.3 Å². The summed E-state index contributed by atoms with van der Waals surface area (Å²) in [6.07, 6.45) is 2.06. The fraction of sp³-hybridized carbons (Fsp3) is 0.167. The van der Waals surface area contributed by atoms with Crippen LogP contribution in [0.5, 0.6) is 0 Å². The van der Waals surface area contributed by atoms with E-state index in [0.717, 1.165) is 16.6 Å². The molecule has 7 nitrogen and oxygen atoms in total. The number of anilines is 1. The lowest BCUT2D eigenvalue weighted by molar-refractivity contribution is 0.589. The predicted molar refractivity (Wildman–Crippen MR) is 124 cm³/mol. The highest BCUT2D eigenvalue weighted by Gasteiger charge is 2.29. The maximum absolute atomic E-state index is 14.0. The molecule has 0 atom stereocenters. The number of aryl methyl sites for hydroxylation is 1. The molecule has 1 N–H and O–H groups in total. The summed E-state index contributed by atoms with van der Waals surface area (Å²) in [5, 5.41) is 0.308. The number of hydrogen-bond donors (Lipinski definition) is 1. The Bertz CT molecular complexity index is 1610. The van der Waals surface area contributed by atoms with Crippen molar-refractivity contribution in [1.82, 2.24) is 9.55 Å². The second-order valence-corrected chi connectivity index (χ2v) is 9.78. The molecule has 0 unspecified atom stereocenters. The molecular formula is C24H20FN3O4S. The van der Waals surface area contributed by atoms with E-state index in [9.17, 15) is 22.4 Å². The molecule has 0 saturated carbocycles. The smallest absolute Gasteiger partial charge is 0.306 e. The van der Waals surface area contributed by atoms with Gasteiger partial charge in [0.2, 0.25) is 0 Å². The highest BCUT2D eigenvalue weighted by molar-refractivity contribution is 7.92. The molecule has 2 heterocycles. The third-order valence-electron chi connectivity index (χ3n) is 5.84. The molecule has 0 saturated heterocycles. The number of sulfonamides is 1. The largest absolute Gasteiger partial charge is 0.333 e. The molecule has 3 aromatic carbocycles. The number of aromatic amines is 1. The van der Waals surface area contributed by atoms with Gasteiger partial charge in [0.1, 0.15) is 5.82 Å². The fourth-order valence-electron chi connectivity index (χ4n) is 4.23. The third-order valence-corrected chi connectivity index (χ3v) is 7.65. The van der Waals surface area contributed by atoms with E-state index in [2.05, 4.69) is 4.98 Å². The third kappa shape index (κ3) is 3.64. The molecule has 5 rings (SSSR count). The van der Waals surface area contributed by atoms with Crippen molar-refractivity contribution >= 4 is 26.6 Å². The molecule has 9 heteroatoms. The maximum atomic E-state index is 14.0. The number of fused-ring (bicyclic) bond motifs is 2. The van der Waals surface area contributed by atoms with Gasteiger partial charge in [0, 0.05) is 6.54 Å². The minimum absolute atomic E-state index is 0.0865. The van der Waals surface area contributed by atoms with E-state index in [-0.39, 0.29) is 17.1 Å². The second kappa shape index (κ2) is 8.00. The van der Waals surface area contributed by atoms with Gasteiger partial charge < -0.3 is 4.98 Å². The molecule has 0 radical (unpaired) electrons. The Morgan fingerprint density at radius 3 is 2.58 bits per heavy atom. The van der Waals surface area contributed by atoms with Crippen LogP contribution in [0.15, 0.2) is 81.2 Å². The van der Waals surface area contributed by atoms with Gasteiger partial charge in [-0.25, -0.2) is 22.2 Å². The van der Waals surface area contributed by atoms with Gasteiger partial charge in [-0.3, -0.25) is 9.10 Å². The molecule has 1 aliphatic heterocycles. The summed E-state index contributed by atoms with van der Waals surface area (Å²) in [6.45, 7) is 0.208. The van der Waals surface area contributed by atoms with E-state index >= 15 is 0 Å². The van der Waals surface area contributed by atoms with E-state index in [1.165, 1.54) is 40.7 Å². The molecule has 1 aromatic heterocycles. The summed E-state index contributed by atoms with van der Waals surface area (Å²) in [5.74, 6) is -0.515. The molecule has 1 aliphatic rings. The Labute approximate surface area is 188 Å². The summed E-state index contributed by atoms with van der Waals surface area (Å²) >= 11 is 0. The lowest BCUT2D eigenvalue weighted by Gasteiger charge is -2.25. The summed E-state index contributed by atoms with van der Waals surface area (Å²) in [5.41, 5.74) is 0.383. The van der Waals surface area contributed by atoms with Crippen LogP contribution in [0.3, 0.4) is 0 Å². The van der Waals surface area contributed by atoms with Crippen LogP contribution in [0.2, 0.25) is 0 Å². The zero-order valence-electron chi connectivity index (χ0n) is 17.5. The normalized spacial score (nSPS) is 14.2. The Morgan fingerprint density at radius 1 is 0.909 bits per heavy atom. The highest BCUT2D eigenvalue weighted by atomic mass is 32.2. The first-order chi connectivity index (χ1) is 15.9. The van der Waals surface area contributed by atoms with Crippen molar-refractivity contribution in [2.24, 2.45) is 0 Å². The minimum Gasteiger partial charge on any atom is -0.306 e. The van der Waals surface area contributed by atoms with Crippen molar-refractivity contribution in [3.63, 3.8) is 0 Å². The molecule has 0 spiro atoms. The van der Waals surface area contributed by atoms with Crippen molar-refractivity contribution in [3.8, 4) is 5.69 Å². The first-order valence-electron chi connectivity index (χ1n) is 10.5. The summed E-state index contributed by atoms with van der Waals surface area (Å²) < 4.78 is 43.3. The van der Waals surface area contributed by atoms with Crippen LogP contribution in [0.1, 0.15) is 18.4 Å². The number of benzene rings is 3. The number of aromatic nitrogens is 2. The Kier molecular flexibility index (Phi) is 5.13. The lowest BCUT2D eigenvalue weighted by atomic mass is 10.1. The zero-order chi connectivity index (χ0) is 23.2. The minimum atomic E-state index is -4.08. The van der Waals surface area contributed by atoms with Gasteiger partial charge in [0.15, 0.2) is 0 Å². The standard InChI is InChI=1S/C24H20FN3O4S/c25-17-12-11-16-6-3-4-13-27(22(16)14-17)33(31,32)19-8-5-7-18(15-19)28-23(29)20-9-1-2-10-21(20)26-24(28)30/h1-2,5,7-12,14-15H,3-4,6,13H2,(H,26,30). The Hall–Kier alpha value is -3.72. The number of nitrogens with one attached hydrogen (secondary N) is 1. The van der Waals surface area contributed by atoms with E-state index in [4.69, 9.17) is 0 Å². The number of para-hydroxylation sites is 1. The topological polar surface area (TPSA) is 92.2 Å². The van der Waals surface area contributed by atoms with Crippen molar-refractivity contribution in [2.75, 3.05) is 10.8 Å². The van der Waals surface area contributed by atoms with Crippen LogP contribution >= 0.6 is 0 Å². The molecule has 0 fully saturated rings. The van der Waals surface area contributed by atoms with E-state index in [0.29, 0.717) is 29.4 Å². The van der Waals surface area contributed by atoms with Crippen molar-refractivity contribution in [3.05, 3.63) is 98.9 Å². The van der Waals surface area contributed by atoms with Crippen LogP contribution in [-0.2, 0) is 16.4 Å². The quantitative estimate of drug-likeness (QED) is 0.502. The molecular weight excluding hydrogens is 445 g/mol. The SMILES string of the molecule is O=c1[nH]c2ccccc2c(=O)n1-c1cccc(S(=O)(=O)N2CCCCc3ccc(F)cc32)c1. The summed E-state index contributed by atoms with van der Waals surface area (Å²) in [4.78, 5) is 28.2. The lowest BCUT2D eigenvalue weighted by Crippen LogP contribution is -2.34. The van der Waals surface area contributed by atoms with Gasteiger partial charge >= 0.3 is 5.69 Å². The summed E-state index contributed by atoms with van der Waals surface area (Å²) in [7, 11) is -4.08. The molecule has 33 heavy (non-hydrogen) atoms. The highest BCUT2D eigenvalue weighted by Crippen LogP contribution is 2.32. The number of H-pyrrole nitrogens is 1. The second-order valence-electron chi connectivity index (χ2n) is 7.92. The average molecular weight is 466 g/mol. The van der Waals surface area contributed by atoms with Crippen LogP contribution in [0.25, 0.3) is 16.6 Å². The first kappa shape index (κ1) is 21.1. The van der Waals surface area contributed by atoms with Gasteiger partial charge in [0.05, 0.1) is 27.2 Å². The van der Waals surface area contributed by atoms with Gasteiger partial charge in [0.25, 0.3) is 15.6 Å². The molecule has 168 valence electrons. The Balaban J connectivity index is 1.65. The van der Waals surface area contributed by atoms with Crippen LogP contribution in [-0.4, -0.2) is 24.5 Å².